The second kappa shape index (κ2) is 2.37. The van der Waals surface area contributed by atoms with Crippen LogP contribution < -0.4 is 0 Å². The van der Waals surface area contributed by atoms with Crippen LogP contribution >= 0.6 is 0 Å². The number of rotatable bonds is 1. The lowest BCUT2D eigenvalue weighted by Gasteiger charge is -2.25. The van der Waals surface area contributed by atoms with E-state index in [-0.39, 0.29) is 0 Å². The highest BCUT2D eigenvalue weighted by molar-refractivity contribution is 5.20. The van der Waals surface area contributed by atoms with Crippen molar-refractivity contribution in [3.63, 3.8) is 0 Å². The first-order valence-corrected chi connectivity index (χ1v) is 5.24. The molecule has 0 spiro atoms. The van der Waals surface area contributed by atoms with Crippen LogP contribution in [-0.2, 0) is 0 Å². The van der Waals surface area contributed by atoms with Gasteiger partial charge in [-0.25, -0.2) is 0 Å². The van der Waals surface area contributed by atoms with E-state index >= 15 is 0 Å². The highest BCUT2D eigenvalue weighted by Crippen LogP contribution is 2.65. The fourth-order valence-electron chi connectivity index (χ4n) is 2.84. The molecule has 0 aromatic rings. The Bertz CT molecular complexity index is 214. The third-order valence-corrected chi connectivity index (χ3v) is 4.33. The predicted molar refractivity (Wildman–Crippen MR) is 52.8 cm³/mol. The third-order valence-electron chi connectivity index (χ3n) is 4.33. The van der Waals surface area contributed by atoms with Gasteiger partial charge in [0.25, 0.3) is 0 Å². The maximum Gasteiger partial charge on any atom is -0.0145 e. The quantitative estimate of drug-likeness (QED) is 0.520. The summed E-state index contributed by atoms with van der Waals surface area (Å²) in [6.07, 6.45) is 6.35. The Kier molecular flexibility index (Phi) is 1.65. The van der Waals surface area contributed by atoms with E-state index < -0.39 is 0 Å². The van der Waals surface area contributed by atoms with Crippen molar-refractivity contribution in [3.05, 3.63) is 12.2 Å². The molecule has 0 saturated heterocycles. The van der Waals surface area contributed by atoms with E-state index in [0.717, 1.165) is 23.7 Å². The summed E-state index contributed by atoms with van der Waals surface area (Å²) in [7, 11) is 0. The topological polar surface area (TPSA) is 0 Å². The zero-order valence-corrected chi connectivity index (χ0v) is 8.67. The van der Waals surface area contributed by atoms with Crippen molar-refractivity contribution < 1.29 is 0 Å². The smallest absolute Gasteiger partial charge is 0.0145 e. The SMILES string of the molecule is CC(C)C1C=CC2C(C)C2(C)C1. The minimum absolute atomic E-state index is 0.670. The molecule has 4 atom stereocenters. The minimum Gasteiger partial charge on any atom is -0.0848 e. The summed E-state index contributed by atoms with van der Waals surface area (Å²) in [6.45, 7) is 9.54. The number of fused-ring (bicyclic) bond motifs is 1. The minimum atomic E-state index is 0.670. The maximum atomic E-state index is 2.47. The van der Waals surface area contributed by atoms with Crippen LogP contribution in [0.25, 0.3) is 0 Å². The average molecular weight is 164 g/mol. The van der Waals surface area contributed by atoms with Crippen molar-refractivity contribution >= 4 is 0 Å². The largest absolute Gasteiger partial charge is 0.0848 e. The molecule has 0 N–H and O–H groups in total. The highest BCUT2D eigenvalue weighted by atomic mass is 14.6. The van der Waals surface area contributed by atoms with E-state index in [1.807, 2.05) is 0 Å². The van der Waals surface area contributed by atoms with Crippen molar-refractivity contribution in [3.8, 4) is 0 Å². The number of hydrogen-bond donors (Lipinski definition) is 0. The summed E-state index contributed by atoms with van der Waals surface area (Å²) < 4.78 is 0. The molecule has 2 aliphatic carbocycles. The van der Waals surface area contributed by atoms with Gasteiger partial charge < -0.3 is 0 Å². The van der Waals surface area contributed by atoms with Crippen LogP contribution in [0.15, 0.2) is 12.2 Å². The summed E-state index contributed by atoms with van der Waals surface area (Å²) >= 11 is 0. The molecule has 0 heterocycles. The summed E-state index contributed by atoms with van der Waals surface area (Å²) in [5.41, 5.74) is 0.670. The molecule has 0 heteroatoms. The van der Waals surface area contributed by atoms with Gasteiger partial charge in [-0.3, -0.25) is 0 Å². The standard InChI is InChI=1S/C12H20/c1-8(2)10-5-6-11-9(3)12(11,4)7-10/h5-6,8-11H,7H2,1-4H3. The van der Waals surface area contributed by atoms with Crippen LogP contribution in [0.2, 0.25) is 0 Å². The lowest BCUT2D eigenvalue weighted by Crippen LogP contribution is -2.15. The Morgan fingerprint density at radius 3 is 2.50 bits per heavy atom. The van der Waals surface area contributed by atoms with E-state index in [0.29, 0.717) is 5.41 Å². The van der Waals surface area contributed by atoms with E-state index in [1.54, 1.807) is 0 Å². The first-order chi connectivity index (χ1) is 5.55. The van der Waals surface area contributed by atoms with Gasteiger partial charge in [0.1, 0.15) is 0 Å². The normalized spacial score (nSPS) is 50.9. The lowest BCUT2D eigenvalue weighted by molar-refractivity contribution is 0.317. The molecule has 4 unspecified atom stereocenters. The van der Waals surface area contributed by atoms with Gasteiger partial charge in [-0.2, -0.15) is 0 Å². The average Bonchev–Trinajstić information content (AvgIpc) is 2.54. The summed E-state index contributed by atoms with van der Waals surface area (Å²) in [5.74, 6) is 3.52. The van der Waals surface area contributed by atoms with Crippen molar-refractivity contribution in [1.82, 2.24) is 0 Å². The van der Waals surface area contributed by atoms with Gasteiger partial charge in [0.05, 0.1) is 0 Å². The monoisotopic (exact) mass is 164 g/mol. The predicted octanol–water partition coefficient (Wildman–Crippen LogP) is 3.49. The third kappa shape index (κ3) is 0.967. The lowest BCUT2D eigenvalue weighted by atomic mass is 9.80. The zero-order valence-electron chi connectivity index (χ0n) is 8.67. The van der Waals surface area contributed by atoms with E-state index in [1.165, 1.54) is 6.42 Å². The highest BCUT2D eigenvalue weighted by Gasteiger charge is 2.58. The second-order valence-corrected chi connectivity index (χ2v) is 5.32. The summed E-state index contributed by atoms with van der Waals surface area (Å²) in [4.78, 5) is 0. The van der Waals surface area contributed by atoms with Gasteiger partial charge in [0, 0.05) is 0 Å². The van der Waals surface area contributed by atoms with E-state index in [4.69, 9.17) is 0 Å². The van der Waals surface area contributed by atoms with Crippen molar-refractivity contribution in [2.45, 2.75) is 34.1 Å². The molecule has 0 amide bonds. The van der Waals surface area contributed by atoms with Crippen LogP contribution in [0.3, 0.4) is 0 Å². The van der Waals surface area contributed by atoms with E-state index in [2.05, 4.69) is 39.8 Å². The van der Waals surface area contributed by atoms with Crippen molar-refractivity contribution in [2.24, 2.45) is 29.1 Å². The summed E-state index contributed by atoms with van der Waals surface area (Å²) in [6, 6.07) is 0. The number of hydrogen-bond acceptors (Lipinski definition) is 0. The molecule has 0 bridgehead atoms. The molecule has 12 heavy (non-hydrogen) atoms. The molecule has 0 nitrogen and oxygen atoms in total. The van der Waals surface area contributed by atoms with Gasteiger partial charge in [-0.05, 0) is 35.5 Å². The molecule has 0 aliphatic heterocycles. The van der Waals surface area contributed by atoms with Gasteiger partial charge in [-0.1, -0.05) is 39.8 Å². The maximum absolute atomic E-state index is 2.47. The van der Waals surface area contributed by atoms with Gasteiger partial charge in [-0.15, -0.1) is 0 Å². The number of allylic oxidation sites excluding steroid dienone is 2. The van der Waals surface area contributed by atoms with Crippen LogP contribution in [-0.4, -0.2) is 0 Å². The Morgan fingerprint density at radius 1 is 1.33 bits per heavy atom. The molecule has 0 aromatic heterocycles. The Hall–Kier alpha value is -0.260. The fourth-order valence-corrected chi connectivity index (χ4v) is 2.84. The molecule has 68 valence electrons. The first kappa shape index (κ1) is 8.34. The van der Waals surface area contributed by atoms with Gasteiger partial charge >= 0.3 is 0 Å². The van der Waals surface area contributed by atoms with Crippen LogP contribution in [0.1, 0.15) is 34.1 Å². The van der Waals surface area contributed by atoms with Crippen molar-refractivity contribution in [2.75, 3.05) is 0 Å². The Balaban J connectivity index is 2.11. The molecule has 1 saturated carbocycles. The zero-order chi connectivity index (χ0) is 8.93. The summed E-state index contributed by atoms with van der Waals surface area (Å²) in [5, 5.41) is 0. The second-order valence-electron chi connectivity index (χ2n) is 5.32. The molecule has 2 aliphatic rings. The first-order valence-electron chi connectivity index (χ1n) is 5.24. The molecule has 0 radical (unpaired) electrons. The van der Waals surface area contributed by atoms with Crippen LogP contribution in [0.5, 0.6) is 0 Å². The fraction of sp³-hybridized carbons (Fsp3) is 0.833. The van der Waals surface area contributed by atoms with Gasteiger partial charge in [0.2, 0.25) is 0 Å². The molecule has 1 fully saturated rings. The Labute approximate surface area is 76.1 Å². The molecule has 0 aromatic carbocycles. The van der Waals surface area contributed by atoms with Crippen molar-refractivity contribution in [1.29, 1.82) is 0 Å². The molecule has 2 rings (SSSR count). The Morgan fingerprint density at radius 2 is 2.00 bits per heavy atom. The molecular weight excluding hydrogens is 144 g/mol. The van der Waals surface area contributed by atoms with Gasteiger partial charge in [0.15, 0.2) is 0 Å². The molecular formula is C12H20. The van der Waals surface area contributed by atoms with Crippen LogP contribution in [0, 0.1) is 29.1 Å². The van der Waals surface area contributed by atoms with Crippen LogP contribution in [0.4, 0.5) is 0 Å². The van der Waals surface area contributed by atoms with E-state index in [9.17, 15) is 0 Å².